The molecule has 0 spiro atoms. The molecular formula is C19H18NO3-. The Balaban J connectivity index is 2.14. The number of hydrogen-bond acceptors (Lipinski definition) is 4. The molecule has 2 N–H and O–H groups in total. The highest BCUT2D eigenvalue weighted by atomic mass is 16.5. The van der Waals surface area contributed by atoms with Crippen LogP contribution >= 0.6 is 0 Å². The molecule has 0 fully saturated rings. The largest absolute Gasteiger partial charge is 0.550 e. The Morgan fingerprint density at radius 3 is 2.83 bits per heavy atom. The van der Waals surface area contributed by atoms with E-state index in [1.54, 1.807) is 6.07 Å². The van der Waals surface area contributed by atoms with Crippen molar-refractivity contribution in [3.63, 3.8) is 0 Å². The average Bonchev–Trinajstić information content (AvgIpc) is 2.69. The third-order valence-corrected chi connectivity index (χ3v) is 3.89. The lowest BCUT2D eigenvalue weighted by atomic mass is 9.92. The molecule has 1 heterocycles. The molecule has 1 aliphatic heterocycles. The summed E-state index contributed by atoms with van der Waals surface area (Å²) in [6.45, 7) is 1.05. The minimum atomic E-state index is -1.09. The van der Waals surface area contributed by atoms with Crippen LogP contribution in [0.3, 0.4) is 0 Å². The van der Waals surface area contributed by atoms with Crippen molar-refractivity contribution in [2.45, 2.75) is 19.4 Å². The number of carboxylic acid groups (broad SMARTS) is 1. The van der Waals surface area contributed by atoms with Gasteiger partial charge >= 0.3 is 0 Å². The zero-order valence-electron chi connectivity index (χ0n) is 12.7. The van der Waals surface area contributed by atoms with Crippen LogP contribution in [0.15, 0.2) is 48.5 Å². The zero-order chi connectivity index (χ0) is 16.2. The maximum Gasteiger partial charge on any atom is 0.127 e. The molecule has 0 amide bonds. The molecule has 0 atom stereocenters. The number of rotatable bonds is 4. The van der Waals surface area contributed by atoms with Crippen LogP contribution in [0.4, 0.5) is 0 Å². The van der Waals surface area contributed by atoms with Crippen LogP contribution in [0, 0.1) is 0 Å². The number of benzene rings is 2. The molecule has 23 heavy (non-hydrogen) atoms. The van der Waals surface area contributed by atoms with Crippen molar-refractivity contribution in [2.75, 3.05) is 6.54 Å². The van der Waals surface area contributed by atoms with Gasteiger partial charge in [0.1, 0.15) is 12.4 Å². The van der Waals surface area contributed by atoms with Crippen molar-refractivity contribution >= 4 is 11.5 Å². The van der Waals surface area contributed by atoms with Crippen LogP contribution in [0.1, 0.15) is 28.7 Å². The number of carbonyl (C=O) groups is 1. The maximum absolute atomic E-state index is 10.9. The summed E-state index contributed by atoms with van der Waals surface area (Å²) in [5.74, 6) is -0.334. The Kier molecular flexibility index (Phi) is 4.44. The number of aliphatic carboxylic acids is 1. The zero-order valence-corrected chi connectivity index (χ0v) is 12.7. The van der Waals surface area contributed by atoms with Gasteiger partial charge < -0.3 is 20.4 Å². The molecule has 2 aromatic carbocycles. The highest BCUT2D eigenvalue weighted by Gasteiger charge is 2.19. The van der Waals surface area contributed by atoms with Crippen molar-refractivity contribution < 1.29 is 14.6 Å². The van der Waals surface area contributed by atoms with E-state index in [-0.39, 0.29) is 6.42 Å². The quantitative estimate of drug-likeness (QED) is 0.932. The first kappa shape index (κ1) is 15.3. The summed E-state index contributed by atoms with van der Waals surface area (Å²) < 4.78 is 5.91. The molecule has 2 aromatic rings. The average molecular weight is 308 g/mol. The van der Waals surface area contributed by atoms with Gasteiger partial charge in [-0.3, -0.25) is 0 Å². The van der Waals surface area contributed by atoms with Gasteiger partial charge in [-0.2, -0.15) is 0 Å². The Bertz CT molecular complexity index is 765. The highest BCUT2D eigenvalue weighted by Crippen LogP contribution is 2.37. The molecule has 0 bridgehead atoms. The molecule has 4 heteroatoms. The Hall–Kier alpha value is -2.59. The van der Waals surface area contributed by atoms with Crippen molar-refractivity contribution in [1.29, 1.82) is 0 Å². The number of nitrogens with two attached hydrogens (primary N) is 1. The van der Waals surface area contributed by atoms with Gasteiger partial charge in [-0.05, 0) is 47.4 Å². The number of carbonyl (C=O) groups excluding carboxylic acids is 1. The second-order valence-electron chi connectivity index (χ2n) is 5.52. The fraction of sp³-hybridized carbons (Fsp3) is 0.211. The Morgan fingerprint density at radius 1 is 1.22 bits per heavy atom. The van der Waals surface area contributed by atoms with Gasteiger partial charge in [0.25, 0.3) is 0 Å². The van der Waals surface area contributed by atoms with E-state index in [1.165, 1.54) is 0 Å². The molecule has 1 aliphatic rings. The summed E-state index contributed by atoms with van der Waals surface area (Å²) in [4.78, 5) is 10.9. The summed E-state index contributed by atoms with van der Waals surface area (Å²) >= 11 is 0. The molecule has 0 aromatic heterocycles. The van der Waals surface area contributed by atoms with Crippen LogP contribution in [0.2, 0.25) is 0 Å². The van der Waals surface area contributed by atoms with E-state index < -0.39 is 5.97 Å². The van der Waals surface area contributed by atoms with Gasteiger partial charge in [0.15, 0.2) is 0 Å². The van der Waals surface area contributed by atoms with Crippen LogP contribution < -0.4 is 15.6 Å². The molecule has 4 nitrogen and oxygen atoms in total. The summed E-state index contributed by atoms with van der Waals surface area (Å²) in [7, 11) is 0. The third kappa shape index (κ3) is 3.27. The van der Waals surface area contributed by atoms with E-state index in [9.17, 15) is 9.90 Å². The Morgan fingerprint density at radius 2 is 2.04 bits per heavy atom. The summed E-state index contributed by atoms with van der Waals surface area (Å²) in [6, 6.07) is 13.5. The lowest BCUT2D eigenvalue weighted by Crippen LogP contribution is -2.24. The van der Waals surface area contributed by atoms with Gasteiger partial charge in [0.2, 0.25) is 0 Å². The number of carboxylic acids is 1. The second kappa shape index (κ2) is 6.67. The standard InChI is InChI=1S/C19H19NO3/c20-9-3-6-16-15-5-2-1-4-14(15)12-23-18-8-7-13(10-17(16)18)11-19(21)22/h1-2,4-8,10H,3,9,11-12,20H2,(H,21,22)/p-1/b16-6+. The van der Waals surface area contributed by atoms with Gasteiger partial charge in [-0.15, -0.1) is 0 Å². The lowest BCUT2D eigenvalue weighted by molar-refractivity contribution is -0.304. The third-order valence-electron chi connectivity index (χ3n) is 3.89. The fourth-order valence-electron chi connectivity index (χ4n) is 2.85. The molecule has 0 radical (unpaired) electrons. The Labute approximate surface area is 135 Å². The minimum absolute atomic E-state index is 0.112. The SMILES string of the molecule is NCC/C=C1\c2ccccc2COc2ccc(CC(=O)[O-])cc21. The van der Waals surface area contributed by atoms with Gasteiger partial charge in [-0.1, -0.05) is 36.4 Å². The van der Waals surface area contributed by atoms with Crippen LogP contribution in [-0.4, -0.2) is 12.5 Å². The van der Waals surface area contributed by atoms with E-state index in [4.69, 9.17) is 10.5 Å². The predicted octanol–water partition coefficient (Wildman–Crippen LogP) is 1.65. The summed E-state index contributed by atoms with van der Waals surface area (Å²) in [5.41, 5.74) is 10.5. The van der Waals surface area contributed by atoms with Crippen molar-refractivity contribution in [3.8, 4) is 5.75 Å². The number of ether oxygens (including phenoxy) is 1. The van der Waals surface area contributed by atoms with Crippen LogP contribution in [0.25, 0.3) is 5.57 Å². The predicted molar refractivity (Wildman–Crippen MR) is 86.7 cm³/mol. The highest BCUT2D eigenvalue weighted by molar-refractivity contribution is 5.85. The van der Waals surface area contributed by atoms with E-state index >= 15 is 0 Å². The van der Waals surface area contributed by atoms with Crippen molar-refractivity contribution in [1.82, 2.24) is 0 Å². The molecule has 3 rings (SSSR count). The fourth-order valence-corrected chi connectivity index (χ4v) is 2.85. The van der Waals surface area contributed by atoms with Crippen LogP contribution in [0.5, 0.6) is 5.75 Å². The smallest absolute Gasteiger partial charge is 0.127 e. The normalized spacial score (nSPS) is 14.6. The number of fused-ring (bicyclic) bond motifs is 2. The molecular weight excluding hydrogens is 290 g/mol. The molecule has 0 saturated carbocycles. The van der Waals surface area contributed by atoms with E-state index in [0.29, 0.717) is 18.7 Å². The van der Waals surface area contributed by atoms with Gasteiger partial charge in [-0.25, -0.2) is 0 Å². The van der Waals surface area contributed by atoms with Gasteiger partial charge in [0.05, 0.1) is 0 Å². The van der Waals surface area contributed by atoms with Gasteiger partial charge in [0, 0.05) is 18.0 Å². The topological polar surface area (TPSA) is 75.4 Å². The molecule has 0 aliphatic carbocycles. The lowest BCUT2D eigenvalue weighted by Gasteiger charge is -2.13. The monoisotopic (exact) mass is 308 g/mol. The first-order chi connectivity index (χ1) is 11.2. The maximum atomic E-state index is 10.9. The first-order valence-electron chi connectivity index (χ1n) is 7.63. The summed E-state index contributed by atoms with van der Waals surface area (Å²) in [5, 5.41) is 10.9. The first-order valence-corrected chi connectivity index (χ1v) is 7.63. The second-order valence-corrected chi connectivity index (χ2v) is 5.52. The number of hydrogen-bond donors (Lipinski definition) is 1. The summed E-state index contributed by atoms with van der Waals surface area (Å²) in [6.07, 6.45) is 2.72. The van der Waals surface area contributed by atoms with Crippen molar-refractivity contribution in [2.24, 2.45) is 5.73 Å². The minimum Gasteiger partial charge on any atom is -0.550 e. The van der Waals surface area contributed by atoms with E-state index in [0.717, 1.165) is 34.4 Å². The van der Waals surface area contributed by atoms with E-state index in [1.807, 2.05) is 30.3 Å². The molecule has 118 valence electrons. The van der Waals surface area contributed by atoms with Crippen molar-refractivity contribution in [3.05, 3.63) is 70.8 Å². The molecule has 0 unspecified atom stereocenters. The van der Waals surface area contributed by atoms with Crippen LogP contribution in [-0.2, 0) is 17.8 Å². The molecule has 0 saturated heterocycles. The van der Waals surface area contributed by atoms with E-state index in [2.05, 4.69) is 12.1 Å².